The van der Waals surface area contributed by atoms with Gasteiger partial charge >= 0.3 is 12.3 Å². The number of hydrogen-bond acceptors (Lipinski definition) is 5. The van der Waals surface area contributed by atoms with Crippen LogP contribution in [0.5, 0.6) is 11.5 Å². The van der Waals surface area contributed by atoms with Crippen LogP contribution in [0.4, 0.5) is 23.7 Å². The van der Waals surface area contributed by atoms with E-state index in [1.807, 2.05) is 0 Å². The van der Waals surface area contributed by atoms with Crippen LogP contribution in [0.25, 0.3) is 11.1 Å². The first-order valence-electron chi connectivity index (χ1n) is 11.6. The number of nitrogens with zero attached hydrogens (tertiary/aromatic N) is 1. The number of aliphatic hydroxyl groups is 1. The zero-order valence-electron chi connectivity index (χ0n) is 20.6. The summed E-state index contributed by atoms with van der Waals surface area (Å²) in [5.41, 5.74) is -2.70. The summed E-state index contributed by atoms with van der Waals surface area (Å²) in [4.78, 5) is 24.3. The molecule has 12 heteroatoms. The number of amides is 1. The average molecular weight is 584 g/mol. The Bertz CT molecular complexity index is 1450. The third-order valence-electron chi connectivity index (χ3n) is 6.65. The van der Waals surface area contributed by atoms with Crippen LogP contribution in [-0.4, -0.2) is 41.6 Å². The molecule has 0 saturated carbocycles. The molecule has 2 atom stereocenters. The molecular weight excluding hydrogens is 562 g/mol. The maximum absolute atomic E-state index is 14.6. The van der Waals surface area contributed by atoms with E-state index in [4.69, 9.17) is 33.0 Å². The molecule has 7 nitrogen and oxygen atoms in total. The van der Waals surface area contributed by atoms with Crippen molar-refractivity contribution in [1.82, 2.24) is 0 Å². The molecule has 2 N–H and O–H groups in total. The number of alkyl halides is 3. The summed E-state index contributed by atoms with van der Waals surface area (Å²) in [5.74, 6) is -1.83. The Labute approximate surface area is 231 Å². The van der Waals surface area contributed by atoms with Gasteiger partial charge in [-0.2, -0.15) is 13.2 Å². The molecule has 3 aromatic carbocycles. The lowest BCUT2D eigenvalue weighted by atomic mass is 9.77. The number of likely N-dealkylation sites (N-methyl/N-ethyl adjacent to an activating group) is 1. The van der Waals surface area contributed by atoms with E-state index in [-0.39, 0.29) is 45.9 Å². The van der Waals surface area contributed by atoms with Gasteiger partial charge < -0.3 is 24.6 Å². The first-order valence-corrected chi connectivity index (χ1v) is 12.4. The number of carboxylic acid groups (broad SMARTS) is 1. The summed E-state index contributed by atoms with van der Waals surface area (Å²) in [6.07, 6.45) is -6.66. The van der Waals surface area contributed by atoms with Gasteiger partial charge in [0.2, 0.25) is 0 Å². The Balaban J connectivity index is 1.74. The van der Waals surface area contributed by atoms with Gasteiger partial charge in [-0.1, -0.05) is 54.4 Å². The third kappa shape index (κ3) is 5.24. The zero-order valence-corrected chi connectivity index (χ0v) is 22.1. The van der Waals surface area contributed by atoms with Crippen LogP contribution in [0.1, 0.15) is 30.9 Å². The molecule has 39 heavy (non-hydrogen) atoms. The largest absolute Gasteiger partial charge is 0.511 e. The normalized spacial score (nSPS) is 15.7. The summed E-state index contributed by atoms with van der Waals surface area (Å²) >= 11 is 12.5. The Morgan fingerprint density at radius 2 is 1.72 bits per heavy atom. The van der Waals surface area contributed by atoms with Crippen molar-refractivity contribution >= 4 is 41.0 Å². The number of anilines is 1. The summed E-state index contributed by atoms with van der Waals surface area (Å²) in [7, 11) is 0. The molecule has 0 radical (unpaired) electrons. The van der Waals surface area contributed by atoms with Crippen LogP contribution in [0.3, 0.4) is 0 Å². The predicted octanol–water partition coefficient (Wildman–Crippen LogP) is 7.02. The second kappa shape index (κ2) is 10.6. The molecule has 0 saturated heterocycles. The number of halogens is 5. The van der Waals surface area contributed by atoms with Crippen LogP contribution in [0, 0.1) is 0 Å². The van der Waals surface area contributed by atoms with E-state index >= 15 is 0 Å². The fourth-order valence-electron chi connectivity index (χ4n) is 4.59. The predicted molar refractivity (Wildman–Crippen MR) is 139 cm³/mol. The molecule has 2 unspecified atom stereocenters. The molecular formula is C27H22Cl2F3NO6. The molecule has 1 aliphatic rings. The maximum atomic E-state index is 14.6. The highest BCUT2D eigenvalue weighted by molar-refractivity contribution is 6.32. The van der Waals surface area contributed by atoms with Crippen molar-refractivity contribution in [2.24, 2.45) is 0 Å². The molecule has 206 valence electrons. The Morgan fingerprint density at radius 3 is 2.28 bits per heavy atom. The van der Waals surface area contributed by atoms with E-state index in [0.717, 1.165) is 12.1 Å². The molecule has 4 rings (SSSR count). The number of hydrogen-bond donors (Lipinski definition) is 2. The molecule has 0 spiro atoms. The zero-order chi connectivity index (χ0) is 28.7. The monoisotopic (exact) mass is 583 g/mol. The number of rotatable bonds is 6. The van der Waals surface area contributed by atoms with Gasteiger partial charge in [0.1, 0.15) is 5.75 Å². The van der Waals surface area contributed by atoms with Crippen LogP contribution in [0.2, 0.25) is 10.0 Å². The van der Waals surface area contributed by atoms with Crippen molar-refractivity contribution in [3.8, 4) is 22.6 Å². The third-order valence-corrected chi connectivity index (χ3v) is 7.27. The second-order valence-electron chi connectivity index (χ2n) is 8.84. The molecule has 1 heterocycles. The van der Waals surface area contributed by atoms with Gasteiger partial charge in [-0.05, 0) is 59.5 Å². The summed E-state index contributed by atoms with van der Waals surface area (Å²) in [5, 5.41) is 20.0. The molecule has 0 aromatic heterocycles. The van der Waals surface area contributed by atoms with Gasteiger partial charge in [-0.15, -0.1) is 0 Å². The first-order chi connectivity index (χ1) is 18.3. The lowest BCUT2D eigenvalue weighted by molar-refractivity contribution is -0.274. The van der Waals surface area contributed by atoms with Crippen molar-refractivity contribution in [3.63, 3.8) is 0 Å². The highest BCUT2D eigenvalue weighted by Gasteiger charge is 2.59. The smallest absolute Gasteiger partial charge is 0.482 e. The Hall–Kier alpha value is -3.47. The molecule has 0 bridgehead atoms. The number of fused-ring (bicyclic) bond motifs is 1. The van der Waals surface area contributed by atoms with Gasteiger partial charge in [0.25, 0.3) is 5.91 Å². The van der Waals surface area contributed by atoms with Crippen molar-refractivity contribution in [2.45, 2.75) is 31.5 Å². The number of ether oxygens (including phenoxy) is 2. The lowest BCUT2D eigenvalue weighted by Gasteiger charge is -2.38. The minimum atomic E-state index is -5.12. The van der Waals surface area contributed by atoms with Crippen LogP contribution < -0.4 is 14.4 Å². The van der Waals surface area contributed by atoms with Gasteiger partial charge in [0.15, 0.2) is 18.0 Å². The van der Waals surface area contributed by atoms with Crippen LogP contribution in [0.15, 0.2) is 54.6 Å². The number of benzene rings is 3. The Morgan fingerprint density at radius 1 is 1.08 bits per heavy atom. The van der Waals surface area contributed by atoms with Gasteiger partial charge in [-0.3, -0.25) is 4.79 Å². The SMILES string of the molecule is CCN1C(=O)COc2ccc(C(O)(C(C)c3ccc(-c4ccc(OC(=O)O)c(Cl)c4)cc3Cl)C(F)(F)F)cc21. The van der Waals surface area contributed by atoms with Crippen LogP contribution >= 0.6 is 23.2 Å². The van der Waals surface area contributed by atoms with Gasteiger partial charge in [0.05, 0.1) is 10.7 Å². The number of carbonyl (C=O) groups is 2. The minimum Gasteiger partial charge on any atom is -0.482 e. The fraction of sp³-hybridized carbons (Fsp3) is 0.259. The van der Waals surface area contributed by atoms with E-state index in [2.05, 4.69) is 4.74 Å². The van der Waals surface area contributed by atoms with E-state index in [1.165, 1.54) is 54.3 Å². The molecule has 3 aromatic rings. The maximum Gasteiger partial charge on any atom is 0.511 e. The summed E-state index contributed by atoms with van der Waals surface area (Å²) < 4.78 is 53.7. The highest BCUT2D eigenvalue weighted by Crippen LogP contribution is 2.51. The highest BCUT2D eigenvalue weighted by atomic mass is 35.5. The van der Waals surface area contributed by atoms with E-state index in [1.54, 1.807) is 6.92 Å². The lowest BCUT2D eigenvalue weighted by Crippen LogP contribution is -2.47. The van der Waals surface area contributed by atoms with Crippen molar-refractivity contribution in [1.29, 1.82) is 0 Å². The topological polar surface area (TPSA) is 96.3 Å². The van der Waals surface area contributed by atoms with Crippen molar-refractivity contribution in [3.05, 3.63) is 75.8 Å². The molecule has 1 amide bonds. The molecule has 1 aliphatic heterocycles. The quantitative estimate of drug-likeness (QED) is 0.239. The van der Waals surface area contributed by atoms with Gasteiger partial charge in [0, 0.05) is 17.5 Å². The van der Waals surface area contributed by atoms with E-state index in [0.29, 0.717) is 11.1 Å². The minimum absolute atomic E-state index is 0.00547. The first kappa shape index (κ1) is 28.5. The number of carbonyl (C=O) groups excluding carboxylic acids is 1. The molecule has 0 fully saturated rings. The van der Waals surface area contributed by atoms with E-state index < -0.39 is 35.3 Å². The fourth-order valence-corrected chi connectivity index (χ4v) is 5.15. The van der Waals surface area contributed by atoms with E-state index in [9.17, 15) is 27.9 Å². The second-order valence-corrected chi connectivity index (χ2v) is 9.66. The summed E-state index contributed by atoms with van der Waals surface area (Å²) in [6.45, 7) is 2.86. The molecule has 0 aliphatic carbocycles. The average Bonchev–Trinajstić information content (AvgIpc) is 2.87. The van der Waals surface area contributed by atoms with Gasteiger partial charge in [-0.25, -0.2) is 4.79 Å². The van der Waals surface area contributed by atoms with Crippen LogP contribution in [-0.2, 0) is 10.4 Å². The standard InChI is InChI=1S/C27H22Cl2F3NO6/c1-3-33-21-12-17(6-9-23(21)38-13-24(33)34)26(37,27(30,31)32)14(2)18-7-4-15(10-19(18)28)16-5-8-22(20(29)11-16)39-25(35)36/h4-12,14,37H,3,13H2,1-2H3,(H,35,36). The Kier molecular flexibility index (Phi) is 7.75. The summed E-state index contributed by atoms with van der Waals surface area (Å²) in [6, 6.07) is 12.1. The van der Waals surface area contributed by atoms with Crippen molar-refractivity contribution in [2.75, 3.05) is 18.1 Å². The van der Waals surface area contributed by atoms with Crippen molar-refractivity contribution < 1.29 is 42.4 Å².